The number of likely N-dealkylation sites (N-methyl/N-ethyl adjacent to an activating group) is 1. The third kappa shape index (κ3) is 4.69. The van der Waals surface area contributed by atoms with Crippen LogP contribution in [0.2, 0.25) is 5.15 Å². The van der Waals surface area contributed by atoms with Crippen LogP contribution < -0.4 is 10.2 Å². The number of piperazine rings is 1. The molecule has 2 aliphatic rings. The summed E-state index contributed by atoms with van der Waals surface area (Å²) in [7, 11) is 2.14. The van der Waals surface area contributed by atoms with Crippen molar-refractivity contribution in [1.29, 1.82) is 0 Å². The minimum Gasteiger partial charge on any atom is -0.395 e. The molecule has 1 aromatic rings. The van der Waals surface area contributed by atoms with E-state index in [-0.39, 0.29) is 6.61 Å². The maximum atomic E-state index is 9.04. The third-order valence-corrected chi connectivity index (χ3v) is 4.95. The number of anilines is 2. The molecule has 1 aromatic heterocycles. The van der Waals surface area contributed by atoms with Gasteiger partial charge in [0.15, 0.2) is 0 Å². The van der Waals surface area contributed by atoms with Gasteiger partial charge in [-0.15, -0.1) is 0 Å². The first-order valence-electron chi connectivity index (χ1n) is 8.72. The molecular formula is C16H27ClN6O. The number of hydrogen-bond donors (Lipinski definition) is 2. The lowest BCUT2D eigenvalue weighted by atomic mass is 10.1. The van der Waals surface area contributed by atoms with Crippen LogP contribution in [0.25, 0.3) is 0 Å². The zero-order valence-corrected chi connectivity index (χ0v) is 15.0. The molecule has 3 rings (SSSR count). The molecule has 2 fully saturated rings. The van der Waals surface area contributed by atoms with Gasteiger partial charge >= 0.3 is 0 Å². The Morgan fingerprint density at radius 2 is 2.04 bits per heavy atom. The lowest BCUT2D eigenvalue weighted by molar-refractivity contribution is 0.188. The minimum atomic E-state index is 0.212. The highest BCUT2D eigenvalue weighted by Crippen LogP contribution is 2.21. The summed E-state index contributed by atoms with van der Waals surface area (Å²) in [6.45, 7) is 6.74. The van der Waals surface area contributed by atoms with Crippen molar-refractivity contribution in [2.24, 2.45) is 0 Å². The summed E-state index contributed by atoms with van der Waals surface area (Å²) in [5, 5.41) is 13.0. The predicted octanol–water partition coefficient (Wildman–Crippen LogP) is 0.750. The zero-order chi connectivity index (χ0) is 16.9. The molecule has 24 heavy (non-hydrogen) atoms. The number of hydrogen-bond acceptors (Lipinski definition) is 7. The summed E-state index contributed by atoms with van der Waals surface area (Å²) < 4.78 is 0. The maximum absolute atomic E-state index is 9.04. The van der Waals surface area contributed by atoms with E-state index in [1.54, 1.807) is 0 Å². The fourth-order valence-electron chi connectivity index (χ4n) is 3.44. The van der Waals surface area contributed by atoms with E-state index >= 15 is 0 Å². The highest BCUT2D eigenvalue weighted by molar-refractivity contribution is 6.29. The highest BCUT2D eigenvalue weighted by atomic mass is 35.5. The summed E-state index contributed by atoms with van der Waals surface area (Å²) in [6.07, 6.45) is 2.32. The molecule has 0 spiro atoms. The molecular weight excluding hydrogens is 328 g/mol. The van der Waals surface area contributed by atoms with E-state index in [9.17, 15) is 0 Å². The summed E-state index contributed by atoms with van der Waals surface area (Å²) in [5.74, 6) is 1.50. The monoisotopic (exact) mass is 354 g/mol. The number of nitrogens with zero attached hydrogens (tertiary/aromatic N) is 5. The van der Waals surface area contributed by atoms with E-state index in [0.29, 0.717) is 17.1 Å². The van der Waals surface area contributed by atoms with Crippen molar-refractivity contribution < 1.29 is 5.11 Å². The van der Waals surface area contributed by atoms with Gasteiger partial charge in [-0.1, -0.05) is 11.6 Å². The first-order chi connectivity index (χ1) is 11.6. The van der Waals surface area contributed by atoms with Crippen molar-refractivity contribution in [2.45, 2.75) is 18.9 Å². The van der Waals surface area contributed by atoms with Crippen LogP contribution in [0.1, 0.15) is 12.8 Å². The zero-order valence-electron chi connectivity index (χ0n) is 14.3. The van der Waals surface area contributed by atoms with Gasteiger partial charge in [0, 0.05) is 51.4 Å². The number of β-amino-alcohol motifs (C(OH)–C–C–N with tert-alkyl or cyclic N) is 1. The maximum Gasteiger partial charge on any atom is 0.226 e. The Bertz CT molecular complexity index is 537. The van der Waals surface area contributed by atoms with Crippen molar-refractivity contribution in [2.75, 3.05) is 69.7 Å². The van der Waals surface area contributed by atoms with Gasteiger partial charge in [-0.05, 0) is 26.4 Å². The van der Waals surface area contributed by atoms with Gasteiger partial charge in [0.25, 0.3) is 0 Å². The van der Waals surface area contributed by atoms with Crippen LogP contribution in [-0.2, 0) is 0 Å². The van der Waals surface area contributed by atoms with Crippen LogP contribution in [0, 0.1) is 0 Å². The molecule has 2 N–H and O–H groups in total. The fourth-order valence-corrected chi connectivity index (χ4v) is 3.62. The van der Waals surface area contributed by atoms with Crippen LogP contribution in [0.5, 0.6) is 0 Å². The number of halogens is 1. The van der Waals surface area contributed by atoms with Crippen molar-refractivity contribution in [1.82, 2.24) is 19.8 Å². The van der Waals surface area contributed by atoms with E-state index in [1.165, 1.54) is 6.42 Å². The standard InChI is InChI=1S/C16H27ClN6O/c1-21-4-2-3-13(12-21)18-16-19-14(17)11-15(20-16)23-7-5-22(6-8-23)9-10-24/h11,13,24H,2-10,12H2,1H3,(H,18,19,20)/t13-/m0/s1. The molecule has 0 radical (unpaired) electrons. The second-order valence-corrected chi connectivity index (χ2v) is 7.06. The Kier molecular flexibility index (Phi) is 6.10. The molecule has 0 bridgehead atoms. The van der Waals surface area contributed by atoms with Crippen molar-refractivity contribution in [3.05, 3.63) is 11.2 Å². The summed E-state index contributed by atoms with van der Waals surface area (Å²) >= 11 is 6.22. The van der Waals surface area contributed by atoms with Crippen LogP contribution in [0.3, 0.4) is 0 Å². The number of likely N-dealkylation sites (tertiary alicyclic amines) is 1. The van der Waals surface area contributed by atoms with Gasteiger partial charge in [0.2, 0.25) is 5.95 Å². The van der Waals surface area contributed by atoms with Gasteiger partial charge in [0.1, 0.15) is 11.0 Å². The van der Waals surface area contributed by atoms with Gasteiger partial charge in [0.05, 0.1) is 6.61 Å². The number of aliphatic hydroxyl groups excluding tert-OH is 1. The Labute approximate surface area is 148 Å². The Morgan fingerprint density at radius 1 is 1.25 bits per heavy atom. The van der Waals surface area contributed by atoms with Crippen molar-refractivity contribution in [3.63, 3.8) is 0 Å². The molecule has 8 heteroatoms. The normalized spacial score (nSPS) is 23.5. The Balaban J connectivity index is 1.63. The molecule has 2 saturated heterocycles. The first-order valence-corrected chi connectivity index (χ1v) is 9.09. The van der Waals surface area contributed by atoms with Crippen LogP contribution in [0.4, 0.5) is 11.8 Å². The molecule has 3 heterocycles. The topological polar surface area (TPSA) is 67.8 Å². The van der Waals surface area contributed by atoms with Gasteiger partial charge < -0.3 is 20.2 Å². The Morgan fingerprint density at radius 3 is 2.75 bits per heavy atom. The smallest absolute Gasteiger partial charge is 0.226 e. The second kappa shape index (κ2) is 8.29. The average molecular weight is 355 g/mol. The molecule has 1 atom stereocenters. The minimum absolute atomic E-state index is 0.212. The predicted molar refractivity (Wildman–Crippen MR) is 96.9 cm³/mol. The van der Waals surface area contributed by atoms with E-state index in [1.807, 2.05) is 6.07 Å². The Hall–Kier alpha value is -1.15. The summed E-state index contributed by atoms with van der Waals surface area (Å²) in [6, 6.07) is 2.21. The van der Waals surface area contributed by atoms with E-state index in [2.05, 4.69) is 37.0 Å². The third-order valence-electron chi connectivity index (χ3n) is 4.75. The first kappa shape index (κ1) is 17.7. The molecule has 0 amide bonds. The largest absolute Gasteiger partial charge is 0.395 e. The lowest BCUT2D eigenvalue weighted by Gasteiger charge is -2.35. The average Bonchev–Trinajstić information content (AvgIpc) is 2.55. The number of rotatable bonds is 5. The number of piperidine rings is 1. The molecule has 0 aromatic carbocycles. The van der Waals surface area contributed by atoms with Crippen LogP contribution in [0.15, 0.2) is 6.07 Å². The van der Waals surface area contributed by atoms with Crippen molar-refractivity contribution >= 4 is 23.4 Å². The second-order valence-electron chi connectivity index (χ2n) is 6.67. The number of aliphatic hydroxyl groups is 1. The molecule has 0 aliphatic carbocycles. The summed E-state index contributed by atoms with van der Waals surface area (Å²) in [4.78, 5) is 15.8. The molecule has 0 saturated carbocycles. The van der Waals surface area contributed by atoms with Gasteiger partial charge in [-0.2, -0.15) is 4.98 Å². The molecule has 0 unspecified atom stereocenters. The molecule has 2 aliphatic heterocycles. The molecule has 7 nitrogen and oxygen atoms in total. The summed E-state index contributed by atoms with van der Waals surface area (Å²) in [5.41, 5.74) is 0. The molecule has 134 valence electrons. The quantitative estimate of drug-likeness (QED) is 0.756. The number of nitrogens with one attached hydrogen (secondary N) is 1. The van der Waals surface area contributed by atoms with Gasteiger partial charge in [-0.25, -0.2) is 4.98 Å². The number of aromatic nitrogens is 2. The van der Waals surface area contributed by atoms with Gasteiger partial charge in [-0.3, -0.25) is 4.90 Å². The van der Waals surface area contributed by atoms with E-state index in [4.69, 9.17) is 16.7 Å². The van der Waals surface area contributed by atoms with Crippen LogP contribution in [-0.4, -0.2) is 90.4 Å². The van der Waals surface area contributed by atoms with Crippen molar-refractivity contribution in [3.8, 4) is 0 Å². The SMILES string of the molecule is CN1CCC[C@H](Nc2nc(Cl)cc(N3CCN(CCO)CC3)n2)C1. The highest BCUT2D eigenvalue weighted by Gasteiger charge is 2.21. The van der Waals surface area contributed by atoms with E-state index in [0.717, 1.165) is 58.1 Å². The lowest BCUT2D eigenvalue weighted by Crippen LogP contribution is -2.47. The van der Waals surface area contributed by atoms with Crippen LogP contribution >= 0.6 is 11.6 Å². The fraction of sp³-hybridized carbons (Fsp3) is 0.750. The van der Waals surface area contributed by atoms with E-state index < -0.39 is 0 Å².